The zero-order valence-electron chi connectivity index (χ0n) is 14.3. The lowest BCUT2D eigenvalue weighted by molar-refractivity contribution is -0.785. The fraction of sp³-hybridized carbons (Fsp3) is 0.143. The molecule has 1 atom stereocenters. The van der Waals surface area contributed by atoms with Crippen molar-refractivity contribution in [2.24, 2.45) is 0 Å². The maximum atomic E-state index is 12.0. The first-order chi connectivity index (χ1) is 12.1. The first kappa shape index (κ1) is 16.9. The van der Waals surface area contributed by atoms with Gasteiger partial charge in [-0.1, -0.05) is 48.5 Å². The second-order valence-electron chi connectivity index (χ2n) is 6.09. The van der Waals surface area contributed by atoms with E-state index in [1.165, 1.54) is 0 Å². The van der Waals surface area contributed by atoms with Gasteiger partial charge >= 0.3 is 0 Å². The van der Waals surface area contributed by atoms with E-state index in [-0.39, 0.29) is 4.48 Å². The van der Waals surface area contributed by atoms with Crippen LogP contribution in [0.3, 0.4) is 0 Å². The van der Waals surface area contributed by atoms with E-state index < -0.39 is 6.09 Å². The number of para-hydroxylation sites is 1. The van der Waals surface area contributed by atoms with Crippen molar-refractivity contribution in [3.8, 4) is 0 Å². The van der Waals surface area contributed by atoms with E-state index in [9.17, 15) is 9.90 Å². The molecule has 0 fully saturated rings. The van der Waals surface area contributed by atoms with Crippen LogP contribution in [0.5, 0.6) is 0 Å². The van der Waals surface area contributed by atoms with Gasteiger partial charge in [0.05, 0.1) is 19.1 Å². The fourth-order valence-corrected chi connectivity index (χ4v) is 2.91. The second kappa shape index (κ2) is 6.87. The summed E-state index contributed by atoms with van der Waals surface area (Å²) in [6.45, 7) is 2.22. The van der Waals surface area contributed by atoms with Gasteiger partial charge in [0.2, 0.25) is 0 Å². The van der Waals surface area contributed by atoms with E-state index in [4.69, 9.17) is 0 Å². The third-order valence-electron chi connectivity index (χ3n) is 4.60. The molecule has 0 bridgehead atoms. The minimum absolute atomic E-state index is 0.317. The van der Waals surface area contributed by atoms with Crippen molar-refractivity contribution < 1.29 is 14.4 Å². The van der Waals surface area contributed by atoms with Crippen LogP contribution in [0.1, 0.15) is 18.1 Å². The van der Waals surface area contributed by atoms with E-state index in [0.29, 0.717) is 12.2 Å². The summed E-state index contributed by atoms with van der Waals surface area (Å²) in [5.74, 6) is 0. The molecule has 0 aliphatic heterocycles. The van der Waals surface area contributed by atoms with Crippen molar-refractivity contribution in [3.63, 3.8) is 0 Å². The Morgan fingerprint density at radius 3 is 2.44 bits per heavy atom. The van der Waals surface area contributed by atoms with Gasteiger partial charge < -0.3 is 9.90 Å². The van der Waals surface area contributed by atoms with E-state index in [0.717, 1.165) is 22.0 Å². The molecule has 3 aromatic rings. The number of benzene rings is 2. The van der Waals surface area contributed by atoms with Gasteiger partial charge in [-0.3, -0.25) is 4.98 Å². The Morgan fingerprint density at radius 2 is 1.76 bits per heavy atom. The number of quaternary nitrogens is 1. The van der Waals surface area contributed by atoms with Crippen molar-refractivity contribution in [1.29, 1.82) is 0 Å². The van der Waals surface area contributed by atoms with Crippen LogP contribution in [0.4, 0.5) is 4.79 Å². The number of aromatic nitrogens is 1. The van der Waals surface area contributed by atoms with Gasteiger partial charge in [0, 0.05) is 23.2 Å². The van der Waals surface area contributed by atoms with Crippen molar-refractivity contribution in [2.45, 2.75) is 6.92 Å². The lowest BCUT2D eigenvalue weighted by Crippen LogP contribution is -2.54. The van der Waals surface area contributed by atoms with Crippen LogP contribution in [-0.2, 0) is 0 Å². The number of carboxylic acid groups (broad SMARTS) is 1. The molecule has 1 aromatic heterocycles. The molecule has 0 N–H and O–H groups in total. The molecule has 126 valence electrons. The summed E-state index contributed by atoms with van der Waals surface area (Å²) in [5, 5.41) is 12.9. The van der Waals surface area contributed by atoms with Crippen molar-refractivity contribution in [1.82, 2.24) is 4.98 Å². The van der Waals surface area contributed by atoms with Crippen LogP contribution in [0.25, 0.3) is 22.7 Å². The number of fused-ring (bicyclic) bond motifs is 1. The molecule has 2 aromatic carbocycles. The van der Waals surface area contributed by atoms with Crippen molar-refractivity contribution in [2.75, 3.05) is 13.6 Å². The maximum Gasteiger partial charge on any atom is 0.262 e. The average Bonchev–Trinajstić information content (AvgIpc) is 2.66. The number of carbonyl (C=O) groups excluding carboxylic acids is 1. The maximum absolute atomic E-state index is 12.0. The van der Waals surface area contributed by atoms with Gasteiger partial charge in [0.15, 0.2) is 0 Å². The Hall–Kier alpha value is -2.98. The normalized spacial score (nSPS) is 14.2. The molecule has 4 nitrogen and oxygen atoms in total. The third kappa shape index (κ3) is 3.16. The molecule has 1 amide bonds. The van der Waals surface area contributed by atoms with Gasteiger partial charge in [-0.2, -0.15) is 0 Å². The molecular formula is C21H20N2O2. The minimum atomic E-state index is -1.13. The quantitative estimate of drug-likeness (QED) is 0.687. The van der Waals surface area contributed by atoms with Crippen LogP contribution >= 0.6 is 0 Å². The zero-order chi connectivity index (χ0) is 17.9. The Bertz CT molecular complexity index is 930. The van der Waals surface area contributed by atoms with Crippen molar-refractivity contribution in [3.05, 3.63) is 78.0 Å². The van der Waals surface area contributed by atoms with E-state index in [2.05, 4.69) is 4.98 Å². The Kier molecular flexibility index (Phi) is 4.63. The molecule has 0 radical (unpaired) electrons. The van der Waals surface area contributed by atoms with Gasteiger partial charge in [0.25, 0.3) is 6.09 Å². The predicted octanol–water partition coefficient (Wildman–Crippen LogP) is 3.54. The molecule has 0 saturated heterocycles. The number of carbonyl (C=O) groups is 1. The first-order valence-electron chi connectivity index (χ1n) is 8.25. The third-order valence-corrected chi connectivity index (χ3v) is 4.60. The molecule has 1 unspecified atom stereocenters. The lowest BCUT2D eigenvalue weighted by Gasteiger charge is -2.34. The predicted molar refractivity (Wildman–Crippen MR) is 98.2 cm³/mol. The van der Waals surface area contributed by atoms with Gasteiger partial charge in [0.1, 0.15) is 5.70 Å². The Morgan fingerprint density at radius 1 is 1.08 bits per heavy atom. The van der Waals surface area contributed by atoms with Gasteiger partial charge in [-0.05, 0) is 24.6 Å². The highest BCUT2D eigenvalue weighted by Gasteiger charge is 2.31. The highest BCUT2D eigenvalue weighted by atomic mass is 16.4. The molecule has 4 heteroatoms. The summed E-state index contributed by atoms with van der Waals surface area (Å²) in [6.07, 6.45) is 2.50. The monoisotopic (exact) mass is 332 g/mol. The summed E-state index contributed by atoms with van der Waals surface area (Å²) in [4.78, 5) is 16.4. The topological polar surface area (TPSA) is 53.0 Å². The highest BCUT2D eigenvalue weighted by molar-refractivity contribution is 5.95. The number of hydrogen-bond acceptors (Lipinski definition) is 3. The average molecular weight is 332 g/mol. The van der Waals surface area contributed by atoms with Crippen LogP contribution in [-0.4, -0.2) is 29.2 Å². The highest BCUT2D eigenvalue weighted by Crippen LogP contribution is 2.32. The van der Waals surface area contributed by atoms with Crippen LogP contribution in [0.2, 0.25) is 0 Å². The van der Waals surface area contributed by atoms with Crippen molar-refractivity contribution >= 4 is 28.8 Å². The first-order valence-corrected chi connectivity index (χ1v) is 8.25. The van der Waals surface area contributed by atoms with Crippen LogP contribution < -0.4 is 5.11 Å². The fourth-order valence-electron chi connectivity index (χ4n) is 2.91. The molecular weight excluding hydrogens is 312 g/mol. The van der Waals surface area contributed by atoms with Crippen LogP contribution in [0, 0.1) is 0 Å². The number of pyridine rings is 1. The molecule has 0 aliphatic rings. The second-order valence-corrected chi connectivity index (χ2v) is 6.09. The van der Waals surface area contributed by atoms with E-state index in [1.807, 2.05) is 73.7 Å². The summed E-state index contributed by atoms with van der Waals surface area (Å²) in [5.41, 5.74) is 3.30. The number of hydrogen-bond donors (Lipinski definition) is 0. The van der Waals surface area contributed by atoms with Crippen LogP contribution in [0.15, 0.2) is 66.9 Å². The molecule has 0 saturated carbocycles. The SMILES string of the molecule is CC[N+](C)(C(=O)[O-])/C(=C\c1ccccc1)c1ccnc2ccccc12. The summed E-state index contributed by atoms with van der Waals surface area (Å²) >= 11 is 0. The summed E-state index contributed by atoms with van der Waals surface area (Å²) < 4.78 is -0.317. The Balaban J connectivity index is 2.31. The van der Waals surface area contributed by atoms with E-state index >= 15 is 0 Å². The summed E-state index contributed by atoms with van der Waals surface area (Å²) in [6, 6.07) is 19.3. The molecule has 0 aliphatic carbocycles. The van der Waals surface area contributed by atoms with E-state index in [1.54, 1.807) is 13.2 Å². The molecule has 3 rings (SSSR count). The standard InChI is InChI=1S/C21H20N2O2/c1-3-23(2,21(24)25)20(15-16-9-5-4-6-10-16)18-13-14-22-19-12-8-7-11-17(18)19/h4-15H,3H2,1-2H3/b20-15-. The molecule has 1 heterocycles. The van der Waals surface area contributed by atoms with Gasteiger partial charge in [-0.25, -0.2) is 4.48 Å². The number of amides is 1. The molecule has 25 heavy (non-hydrogen) atoms. The minimum Gasteiger partial charge on any atom is -0.498 e. The molecule has 0 spiro atoms. The van der Waals surface area contributed by atoms with Gasteiger partial charge in [-0.15, -0.1) is 0 Å². The Labute approximate surface area is 147 Å². The lowest BCUT2D eigenvalue weighted by atomic mass is 10.0. The zero-order valence-corrected chi connectivity index (χ0v) is 14.3. The summed E-state index contributed by atoms with van der Waals surface area (Å²) in [7, 11) is 1.67. The number of rotatable bonds is 4. The smallest absolute Gasteiger partial charge is 0.262 e. The number of nitrogens with zero attached hydrogens (tertiary/aromatic N) is 2. The largest absolute Gasteiger partial charge is 0.498 e.